The van der Waals surface area contributed by atoms with E-state index in [2.05, 4.69) is 0 Å². The average molecular weight is 267 g/mol. The predicted molar refractivity (Wildman–Crippen MR) is 43.5 cm³/mol. The van der Waals surface area contributed by atoms with Gasteiger partial charge in [-0.15, -0.1) is 0 Å². The summed E-state index contributed by atoms with van der Waals surface area (Å²) in [5.41, 5.74) is 0. The maximum atomic E-state index is 12.8. The highest BCUT2D eigenvalue weighted by atomic mass is 79.9. The lowest BCUT2D eigenvalue weighted by Crippen LogP contribution is -2.33. The molecule has 0 aliphatic heterocycles. The molecule has 6 heteroatoms. The summed E-state index contributed by atoms with van der Waals surface area (Å²) in [6.45, 7) is 1.18. The minimum absolute atomic E-state index is 0.304. The van der Waals surface area contributed by atoms with Crippen molar-refractivity contribution in [3.63, 3.8) is 0 Å². The lowest BCUT2D eigenvalue weighted by atomic mass is 10.1. The second-order valence-electron chi connectivity index (χ2n) is 2.40. The third-order valence-electron chi connectivity index (χ3n) is 1.21. The summed E-state index contributed by atoms with van der Waals surface area (Å²) in [6.07, 6.45) is -1.01. The van der Waals surface area contributed by atoms with Crippen LogP contribution in [0.15, 0.2) is 0 Å². The van der Waals surface area contributed by atoms with Gasteiger partial charge in [0.1, 0.15) is 5.78 Å². The van der Waals surface area contributed by atoms with E-state index in [9.17, 15) is 18.0 Å². The Morgan fingerprint density at radius 1 is 1.50 bits per heavy atom. The van der Waals surface area contributed by atoms with Gasteiger partial charge in [-0.05, 0) is 22.9 Å². The van der Waals surface area contributed by atoms with E-state index >= 15 is 0 Å². The molecule has 0 bridgehead atoms. The Hall–Kier alpha value is 0.230. The molecular weight excluding hydrogens is 260 g/mol. The SMILES string of the molecule is CC(=O)CC[C@@](F)(Cl)C(F)(F)Br. The molecule has 1 nitrogen and oxygen atoms in total. The van der Waals surface area contributed by atoms with Gasteiger partial charge in [0.2, 0.25) is 0 Å². The summed E-state index contributed by atoms with van der Waals surface area (Å²) >= 11 is 6.64. The Balaban J connectivity index is 4.14. The highest BCUT2D eigenvalue weighted by molar-refractivity contribution is 9.10. The summed E-state index contributed by atoms with van der Waals surface area (Å²) in [5.74, 6) is -0.380. The number of hydrogen-bond donors (Lipinski definition) is 0. The van der Waals surface area contributed by atoms with E-state index in [-0.39, 0.29) is 12.2 Å². The fourth-order valence-corrected chi connectivity index (χ4v) is 0.767. The lowest BCUT2D eigenvalue weighted by Gasteiger charge is -2.22. The van der Waals surface area contributed by atoms with Gasteiger partial charge in [0, 0.05) is 12.8 Å². The van der Waals surface area contributed by atoms with Crippen LogP contribution in [-0.4, -0.2) is 15.7 Å². The van der Waals surface area contributed by atoms with Crippen LogP contribution in [0.1, 0.15) is 19.8 Å². The molecule has 0 aliphatic rings. The highest BCUT2D eigenvalue weighted by Crippen LogP contribution is 2.44. The fourth-order valence-electron chi connectivity index (χ4n) is 0.475. The van der Waals surface area contributed by atoms with E-state index in [1.807, 2.05) is 0 Å². The number of rotatable bonds is 4. The average Bonchev–Trinajstić information content (AvgIpc) is 1.81. The van der Waals surface area contributed by atoms with Crippen molar-refractivity contribution in [1.82, 2.24) is 0 Å². The summed E-state index contributed by atoms with van der Waals surface area (Å²) in [4.78, 5) is 6.52. The minimum atomic E-state index is -3.81. The number of carbonyl (C=O) groups is 1. The van der Waals surface area contributed by atoms with Crippen LogP contribution in [0.2, 0.25) is 0 Å². The van der Waals surface area contributed by atoms with Crippen molar-refractivity contribution in [2.75, 3.05) is 0 Å². The molecule has 0 saturated carbocycles. The zero-order valence-electron chi connectivity index (χ0n) is 6.21. The van der Waals surface area contributed by atoms with Crippen molar-refractivity contribution in [3.8, 4) is 0 Å². The van der Waals surface area contributed by atoms with Crippen molar-refractivity contribution in [2.24, 2.45) is 0 Å². The third kappa shape index (κ3) is 3.76. The molecule has 0 N–H and O–H groups in total. The van der Waals surface area contributed by atoms with E-state index in [0.29, 0.717) is 0 Å². The van der Waals surface area contributed by atoms with Gasteiger partial charge >= 0.3 is 4.83 Å². The molecule has 0 aromatic carbocycles. The number of alkyl halides is 5. The zero-order valence-corrected chi connectivity index (χ0v) is 8.55. The van der Waals surface area contributed by atoms with E-state index < -0.39 is 16.4 Å². The van der Waals surface area contributed by atoms with Crippen LogP contribution in [0.3, 0.4) is 0 Å². The zero-order chi connectivity index (χ0) is 9.99. The standard InChI is InChI=1S/C6H7BrClF3O/c1-4(12)2-3-5(8,9)6(7,10)11/h2-3H2,1H3/t5-/m0/s1. The Labute approximate surface area is 81.4 Å². The molecule has 0 unspecified atom stereocenters. The molecular formula is C6H7BrClF3O. The van der Waals surface area contributed by atoms with Crippen LogP contribution in [0, 0.1) is 0 Å². The molecule has 0 aromatic rings. The van der Waals surface area contributed by atoms with Crippen molar-refractivity contribution < 1.29 is 18.0 Å². The van der Waals surface area contributed by atoms with Crippen LogP contribution in [0.25, 0.3) is 0 Å². The summed E-state index contributed by atoms with van der Waals surface area (Å²) in [7, 11) is 0. The van der Waals surface area contributed by atoms with E-state index in [1.54, 1.807) is 15.9 Å². The Morgan fingerprint density at radius 3 is 2.17 bits per heavy atom. The van der Waals surface area contributed by atoms with Gasteiger partial charge in [-0.25, -0.2) is 4.39 Å². The summed E-state index contributed by atoms with van der Waals surface area (Å²) in [6, 6.07) is 0. The molecule has 0 heterocycles. The van der Waals surface area contributed by atoms with Gasteiger partial charge < -0.3 is 4.79 Å². The van der Waals surface area contributed by atoms with E-state index in [4.69, 9.17) is 11.6 Å². The normalized spacial score (nSPS) is 17.2. The van der Waals surface area contributed by atoms with Gasteiger partial charge in [0.25, 0.3) is 5.13 Å². The lowest BCUT2D eigenvalue weighted by molar-refractivity contribution is -0.118. The van der Waals surface area contributed by atoms with E-state index in [1.165, 1.54) is 6.92 Å². The van der Waals surface area contributed by atoms with Gasteiger partial charge in [-0.1, -0.05) is 11.6 Å². The molecule has 0 fully saturated rings. The topological polar surface area (TPSA) is 17.1 Å². The smallest absolute Gasteiger partial charge is 0.300 e. The third-order valence-corrected chi connectivity index (χ3v) is 2.49. The molecule has 0 aromatic heterocycles. The second kappa shape index (κ2) is 3.96. The second-order valence-corrected chi connectivity index (χ2v) is 4.00. The minimum Gasteiger partial charge on any atom is -0.300 e. The number of ketones is 1. The number of hydrogen-bond acceptors (Lipinski definition) is 1. The van der Waals surface area contributed by atoms with Crippen LogP contribution < -0.4 is 0 Å². The molecule has 0 saturated heterocycles. The van der Waals surface area contributed by atoms with Crippen molar-refractivity contribution in [3.05, 3.63) is 0 Å². The molecule has 72 valence electrons. The van der Waals surface area contributed by atoms with Gasteiger partial charge in [0.05, 0.1) is 0 Å². The number of Topliss-reactive ketones (excluding diaryl/α,β-unsaturated/α-hetero) is 1. The highest BCUT2D eigenvalue weighted by Gasteiger charge is 2.51. The van der Waals surface area contributed by atoms with Crippen molar-refractivity contribution >= 4 is 33.3 Å². The number of halogens is 5. The largest absolute Gasteiger partial charge is 0.348 e. The summed E-state index contributed by atoms with van der Waals surface area (Å²) in [5, 5.41) is -3.20. The first kappa shape index (κ1) is 12.2. The van der Waals surface area contributed by atoms with Crippen molar-refractivity contribution in [2.45, 2.75) is 29.7 Å². The molecule has 1 atom stereocenters. The van der Waals surface area contributed by atoms with Crippen molar-refractivity contribution in [1.29, 1.82) is 0 Å². The monoisotopic (exact) mass is 266 g/mol. The Bertz CT molecular complexity index is 178. The molecule has 12 heavy (non-hydrogen) atoms. The van der Waals surface area contributed by atoms with E-state index in [0.717, 1.165) is 0 Å². The van der Waals surface area contributed by atoms with Gasteiger partial charge in [-0.3, -0.25) is 0 Å². The molecule has 0 amide bonds. The quantitative estimate of drug-likeness (QED) is 0.715. The Kier molecular flexibility index (Phi) is 4.03. The maximum Gasteiger partial charge on any atom is 0.348 e. The molecule has 0 radical (unpaired) electrons. The maximum absolute atomic E-state index is 12.8. The first-order valence-electron chi connectivity index (χ1n) is 3.11. The van der Waals surface area contributed by atoms with Gasteiger partial charge in [0.15, 0.2) is 0 Å². The summed E-state index contributed by atoms with van der Waals surface area (Å²) < 4.78 is 37.3. The predicted octanol–water partition coefficient (Wildman–Crippen LogP) is 3.25. The first-order chi connectivity index (χ1) is 5.17. The van der Waals surface area contributed by atoms with Crippen LogP contribution in [0.4, 0.5) is 13.2 Å². The van der Waals surface area contributed by atoms with Crippen LogP contribution in [0.5, 0.6) is 0 Å². The molecule has 0 spiro atoms. The first-order valence-corrected chi connectivity index (χ1v) is 4.28. The molecule has 0 aliphatic carbocycles. The van der Waals surface area contributed by atoms with Crippen LogP contribution >= 0.6 is 27.5 Å². The number of carbonyl (C=O) groups excluding carboxylic acids is 1. The molecule has 0 rings (SSSR count). The fraction of sp³-hybridized carbons (Fsp3) is 0.833. The van der Waals surface area contributed by atoms with Gasteiger partial charge in [-0.2, -0.15) is 8.78 Å². The van der Waals surface area contributed by atoms with Crippen LogP contribution in [-0.2, 0) is 4.79 Å². The Morgan fingerprint density at radius 2 is 1.92 bits per heavy atom.